The van der Waals surface area contributed by atoms with Gasteiger partial charge in [0, 0.05) is 50.1 Å². The van der Waals surface area contributed by atoms with E-state index < -0.39 is 0 Å². The molecule has 1 amide bonds. The van der Waals surface area contributed by atoms with E-state index in [9.17, 15) is 4.79 Å². The molecule has 8 heteroatoms. The highest BCUT2D eigenvalue weighted by atomic mass is 16.5. The average molecular weight is 441 g/mol. The minimum atomic E-state index is -0.0395. The number of fused-ring (bicyclic) bond motifs is 1. The highest BCUT2D eigenvalue weighted by Gasteiger charge is 2.30. The van der Waals surface area contributed by atoms with Crippen LogP contribution in [0.25, 0.3) is 16.9 Å². The normalized spacial score (nSPS) is 15.5. The van der Waals surface area contributed by atoms with Gasteiger partial charge < -0.3 is 15.0 Å². The first-order chi connectivity index (χ1) is 16.2. The van der Waals surface area contributed by atoms with E-state index in [0.29, 0.717) is 30.7 Å². The number of carbonyl (C=O) groups excluding carboxylic acids is 1. The second kappa shape index (κ2) is 8.74. The summed E-state index contributed by atoms with van der Waals surface area (Å²) in [5, 5.41) is 3.17. The molecule has 1 saturated heterocycles. The van der Waals surface area contributed by atoms with E-state index in [4.69, 9.17) is 9.72 Å². The maximum absolute atomic E-state index is 12.1. The van der Waals surface area contributed by atoms with E-state index in [-0.39, 0.29) is 11.8 Å². The zero-order chi connectivity index (χ0) is 22.8. The summed E-state index contributed by atoms with van der Waals surface area (Å²) in [6, 6.07) is 15.3. The Morgan fingerprint density at radius 3 is 2.73 bits per heavy atom. The van der Waals surface area contributed by atoms with Crippen molar-refractivity contribution in [2.75, 3.05) is 25.5 Å². The highest BCUT2D eigenvalue weighted by Crippen LogP contribution is 2.34. The van der Waals surface area contributed by atoms with Crippen molar-refractivity contribution in [2.24, 2.45) is 0 Å². The SMILES string of the molecule is C=CC(=O)N1CCC(c2nc(-c3ccc(Oc4ccccn4)cc3)n3c(NC)nccc23)C1. The largest absolute Gasteiger partial charge is 0.439 e. The molecule has 166 valence electrons. The van der Waals surface area contributed by atoms with Crippen LogP contribution in [0.4, 0.5) is 5.95 Å². The Morgan fingerprint density at radius 1 is 1.15 bits per heavy atom. The summed E-state index contributed by atoms with van der Waals surface area (Å²) in [7, 11) is 1.84. The molecular formula is C25H24N6O2. The molecule has 8 nitrogen and oxygen atoms in total. The van der Waals surface area contributed by atoms with E-state index >= 15 is 0 Å². The molecule has 0 bridgehead atoms. The number of nitrogens with zero attached hydrogens (tertiary/aromatic N) is 5. The van der Waals surface area contributed by atoms with Crippen LogP contribution in [-0.4, -0.2) is 50.3 Å². The molecule has 1 aliphatic rings. The molecule has 0 radical (unpaired) electrons. The van der Waals surface area contributed by atoms with Gasteiger partial charge in [0.2, 0.25) is 17.7 Å². The van der Waals surface area contributed by atoms with Crippen LogP contribution in [0.1, 0.15) is 18.0 Å². The molecule has 4 heterocycles. The van der Waals surface area contributed by atoms with Crippen molar-refractivity contribution < 1.29 is 9.53 Å². The van der Waals surface area contributed by atoms with Gasteiger partial charge >= 0.3 is 0 Å². The second-order valence-corrected chi connectivity index (χ2v) is 7.83. The summed E-state index contributed by atoms with van der Waals surface area (Å²) in [4.78, 5) is 27.6. The number of likely N-dealkylation sites (tertiary alicyclic amines) is 1. The first kappa shape index (κ1) is 20.7. The maximum atomic E-state index is 12.1. The zero-order valence-corrected chi connectivity index (χ0v) is 18.3. The van der Waals surface area contributed by atoms with Crippen LogP contribution in [0.15, 0.2) is 73.6 Å². The molecule has 3 aromatic heterocycles. The fourth-order valence-electron chi connectivity index (χ4n) is 4.24. The molecule has 33 heavy (non-hydrogen) atoms. The van der Waals surface area contributed by atoms with Crippen LogP contribution < -0.4 is 10.1 Å². The number of hydrogen-bond donors (Lipinski definition) is 1. The Hall–Kier alpha value is -4.20. The molecule has 1 aliphatic heterocycles. The number of imidazole rings is 1. The summed E-state index contributed by atoms with van der Waals surface area (Å²) < 4.78 is 7.85. The number of hydrogen-bond acceptors (Lipinski definition) is 6. The summed E-state index contributed by atoms with van der Waals surface area (Å²) in [6.07, 6.45) is 5.71. The van der Waals surface area contributed by atoms with Crippen LogP contribution in [-0.2, 0) is 4.79 Å². The number of aromatic nitrogens is 4. The van der Waals surface area contributed by atoms with Gasteiger partial charge in [-0.15, -0.1) is 0 Å². The fraction of sp³-hybridized carbons (Fsp3) is 0.200. The quantitative estimate of drug-likeness (QED) is 0.454. The number of anilines is 1. The lowest BCUT2D eigenvalue weighted by molar-refractivity contribution is -0.125. The molecule has 0 spiro atoms. The van der Waals surface area contributed by atoms with Gasteiger partial charge in [-0.3, -0.25) is 9.20 Å². The summed E-state index contributed by atoms with van der Waals surface area (Å²) in [6.45, 7) is 4.94. The van der Waals surface area contributed by atoms with Gasteiger partial charge in [0.15, 0.2) is 0 Å². The van der Waals surface area contributed by atoms with E-state index in [0.717, 1.165) is 29.0 Å². The van der Waals surface area contributed by atoms with Gasteiger partial charge in [0.25, 0.3) is 0 Å². The molecule has 1 unspecified atom stereocenters. The van der Waals surface area contributed by atoms with E-state index in [2.05, 4.69) is 21.9 Å². The summed E-state index contributed by atoms with van der Waals surface area (Å²) in [5.41, 5.74) is 2.89. The number of benzene rings is 1. The lowest BCUT2D eigenvalue weighted by Crippen LogP contribution is -2.26. The number of rotatable bonds is 6. The fourth-order valence-corrected chi connectivity index (χ4v) is 4.24. The van der Waals surface area contributed by atoms with Crippen molar-refractivity contribution in [3.05, 3.63) is 79.3 Å². The number of ether oxygens (including phenoxy) is 1. The Balaban J connectivity index is 1.52. The predicted octanol–water partition coefficient (Wildman–Crippen LogP) is 4.13. The van der Waals surface area contributed by atoms with Gasteiger partial charge in [-0.1, -0.05) is 12.6 Å². The van der Waals surface area contributed by atoms with Gasteiger partial charge in [0.05, 0.1) is 11.2 Å². The predicted molar refractivity (Wildman–Crippen MR) is 126 cm³/mol. The molecule has 1 N–H and O–H groups in total. The topological polar surface area (TPSA) is 84.7 Å². The lowest BCUT2D eigenvalue weighted by atomic mass is 10.0. The van der Waals surface area contributed by atoms with E-state index in [1.165, 1.54) is 6.08 Å². The second-order valence-electron chi connectivity index (χ2n) is 7.83. The minimum absolute atomic E-state index is 0.0395. The number of amides is 1. The maximum Gasteiger partial charge on any atom is 0.245 e. The minimum Gasteiger partial charge on any atom is -0.439 e. The Kier molecular flexibility index (Phi) is 5.48. The lowest BCUT2D eigenvalue weighted by Gasteiger charge is -2.13. The van der Waals surface area contributed by atoms with Gasteiger partial charge in [-0.05, 0) is 48.9 Å². The van der Waals surface area contributed by atoms with Crippen molar-refractivity contribution in [2.45, 2.75) is 12.3 Å². The average Bonchev–Trinajstić information content (AvgIpc) is 3.50. The summed E-state index contributed by atoms with van der Waals surface area (Å²) >= 11 is 0. The van der Waals surface area contributed by atoms with Crippen molar-refractivity contribution in [3.63, 3.8) is 0 Å². The Bertz CT molecular complexity index is 1300. The first-order valence-electron chi connectivity index (χ1n) is 10.8. The summed E-state index contributed by atoms with van der Waals surface area (Å²) in [5.74, 6) is 2.83. The molecule has 5 rings (SSSR count). The number of nitrogens with one attached hydrogen (secondary N) is 1. The molecule has 1 fully saturated rings. The Labute approximate surface area is 191 Å². The molecule has 1 aromatic carbocycles. The van der Waals surface area contributed by atoms with Gasteiger partial charge in [0.1, 0.15) is 11.6 Å². The molecule has 0 aliphatic carbocycles. The van der Waals surface area contributed by atoms with Crippen molar-refractivity contribution in [3.8, 4) is 23.0 Å². The third-order valence-corrected chi connectivity index (χ3v) is 5.84. The van der Waals surface area contributed by atoms with E-state index in [1.807, 2.05) is 64.9 Å². The Morgan fingerprint density at radius 2 is 2.00 bits per heavy atom. The van der Waals surface area contributed by atoms with Crippen LogP contribution in [0, 0.1) is 0 Å². The van der Waals surface area contributed by atoms with Crippen LogP contribution >= 0.6 is 0 Å². The van der Waals surface area contributed by atoms with Gasteiger partial charge in [-0.2, -0.15) is 0 Å². The van der Waals surface area contributed by atoms with Crippen LogP contribution in [0.5, 0.6) is 11.6 Å². The van der Waals surface area contributed by atoms with Crippen molar-refractivity contribution >= 4 is 17.4 Å². The smallest absolute Gasteiger partial charge is 0.245 e. The van der Waals surface area contributed by atoms with Crippen LogP contribution in [0.2, 0.25) is 0 Å². The molecule has 1 atom stereocenters. The first-order valence-corrected chi connectivity index (χ1v) is 10.8. The van der Waals surface area contributed by atoms with Gasteiger partial charge in [-0.25, -0.2) is 15.0 Å². The molecule has 0 saturated carbocycles. The molecule has 4 aromatic rings. The highest BCUT2D eigenvalue weighted by molar-refractivity contribution is 5.87. The number of carbonyl (C=O) groups is 1. The van der Waals surface area contributed by atoms with Crippen molar-refractivity contribution in [1.82, 2.24) is 24.3 Å². The standard InChI is InChI=1S/C25H24N6O2/c1-3-22(32)30-15-12-18(16-30)23-20-11-14-28-25(26-2)31(20)24(29-23)17-7-9-19(10-8-17)33-21-6-4-5-13-27-21/h3-11,13-14,18H,1,12,15-16H2,2H3,(H,26,28). The molecular weight excluding hydrogens is 416 g/mol. The third-order valence-electron chi connectivity index (χ3n) is 5.84. The zero-order valence-electron chi connectivity index (χ0n) is 18.3. The van der Waals surface area contributed by atoms with Crippen molar-refractivity contribution in [1.29, 1.82) is 0 Å². The third kappa shape index (κ3) is 3.91. The van der Waals surface area contributed by atoms with Crippen LogP contribution in [0.3, 0.4) is 0 Å². The van der Waals surface area contributed by atoms with E-state index in [1.54, 1.807) is 12.4 Å². The number of pyridine rings is 1. The monoisotopic (exact) mass is 440 g/mol.